The summed E-state index contributed by atoms with van der Waals surface area (Å²) < 4.78 is 15.5. The fourth-order valence-corrected chi connectivity index (χ4v) is 2.52. The van der Waals surface area contributed by atoms with Crippen molar-refractivity contribution in [2.45, 2.75) is 19.9 Å². The first-order chi connectivity index (χ1) is 12.9. The van der Waals surface area contributed by atoms with Gasteiger partial charge >= 0.3 is 5.97 Å². The largest absolute Gasteiger partial charge is 0.493 e. The summed E-state index contributed by atoms with van der Waals surface area (Å²) in [5, 5.41) is 0. The zero-order valence-corrected chi connectivity index (χ0v) is 16.2. The van der Waals surface area contributed by atoms with Gasteiger partial charge in [-0.2, -0.15) is 0 Å². The predicted octanol–water partition coefficient (Wildman–Crippen LogP) is 2.76. The Labute approximate surface area is 159 Å². The lowest BCUT2D eigenvalue weighted by molar-refractivity contribution is -0.151. The summed E-state index contributed by atoms with van der Waals surface area (Å²) in [5.74, 6) is 0.398. The summed E-state index contributed by atoms with van der Waals surface area (Å²) >= 11 is 0. The van der Waals surface area contributed by atoms with Crippen LogP contribution >= 0.6 is 0 Å². The first kappa shape index (κ1) is 20.3. The number of aryl methyl sites for hydroxylation is 1. The van der Waals surface area contributed by atoms with Gasteiger partial charge in [-0.15, -0.1) is 0 Å². The van der Waals surface area contributed by atoms with E-state index in [-0.39, 0.29) is 18.9 Å². The Kier molecular flexibility index (Phi) is 7.23. The van der Waals surface area contributed by atoms with E-state index in [1.165, 1.54) is 12.0 Å². The molecule has 0 N–H and O–H groups in total. The molecule has 0 fully saturated rings. The summed E-state index contributed by atoms with van der Waals surface area (Å²) in [6, 6.07) is 13.1. The lowest BCUT2D eigenvalue weighted by Crippen LogP contribution is -2.31. The van der Waals surface area contributed by atoms with Crippen molar-refractivity contribution < 1.29 is 23.8 Å². The third-order valence-corrected chi connectivity index (χ3v) is 4.12. The highest BCUT2D eigenvalue weighted by Crippen LogP contribution is 2.27. The van der Waals surface area contributed by atoms with Crippen molar-refractivity contribution in [2.24, 2.45) is 0 Å². The highest BCUT2D eigenvalue weighted by atomic mass is 16.5. The van der Waals surface area contributed by atoms with Crippen LogP contribution in [0.15, 0.2) is 42.5 Å². The Balaban J connectivity index is 1.83. The number of hydrogen-bond acceptors (Lipinski definition) is 5. The lowest BCUT2D eigenvalue weighted by atomic mass is 10.1. The number of carbonyl (C=O) groups is 2. The fraction of sp³-hybridized carbons (Fsp3) is 0.333. The molecule has 0 unspecified atom stereocenters. The van der Waals surface area contributed by atoms with E-state index in [1.54, 1.807) is 32.4 Å². The third kappa shape index (κ3) is 6.02. The highest BCUT2D eigenvalue weighted by molar-refractivity contribution is 5.81. The van der Waals surface area contributed by atoms with E-state index in [1.807, 2.05) is 31.2 Å². The molecule has 0 radical (unpaired) electrons. The van der Waals surface area contributed by atoms with Crippen LogP contribution in [0.25, 0.3) is 0 Å². The molecule has 0 bridgehead atoms. The van der Waals surface area contributed by atoms with Crippen LogP contribution in [0.2, 0.25) is 0 Å². The van der Waals surface area contributed by atoms with Crippen LogP contribution < -0.4 is 9.47 Å². The molecule has 2 aromatic carbocycles. The maximum atomic E-state index is 12.2. The first-order valence-electron chi connectivity index (χ1n) is 8.59. The highest BCUT2D eigenvalue weighted by Gasteiger charge is 2.14. The second-order valence-electron chi connectivity index (χ2n) is 6.26. The Morgan fingerprint density at radius 1 is 0.926 bits per heavy atom. The molecule has 0 aliphatic rings. The van der Waals surface area contributed by atoms with Crippen molar-refractivity contribution in [3.05, 3.63) is 59.2 Å². The standard InChI is InChI=1S/C21H25NO5/c1-15-5-7-16(8-6-15)13-22(2)20(23)14-27-21(24)12-17-9-10-18(25-3)19(11-17)26-4/h5-11H,12-14H2,1-4H3. The zero-order chi connectivity index (χ0) is 19.8. The number of amides is 1. The van der Waals surface area contributed by atoms with Crippen LogP contribution in [-0.4, -0.2) is 44.7 Å². The van der Waals surface area contributed by atoms with E-state index in [2.05, 4.69) is 0 Å². The molecular weight excluding hydrogens is 346 g/mol. The van der Waals surface area contributed by atoms with Gasteiger partial charge in [-0.1, -0.05) is 35.9 Å². The molecule has 6 nitrogen and oxygen atoms in total. The molecular formula is C21H25NO5. The van der Waals surface area contributed by atoms with Gasteiger partial charge in [0.2, 0.25) is 0 Å². The number of benzene rings is 2. The van der Waals surface area contributed by atoms with E-state index in [0.717, 1.165) is 16.7 Å². The van der Waals surface area contributed by atoms with Gasteiger partial charge < -0.3 is 19.1 Å². The molecule has 2 aromatic rings. The average molecular weight is 371 g/mol. The molecule has 0 saturated heterocycles. The van der Waals surface area contributed by atoms with Gasteiger partial charge in [-0.3, -0.25) is 9.59 Å². The average Bonchev–Trinajstić information content (AvgIpc) is 2.67. The molecule has 0 saturated carbocycles. The normalized spacial score (nSPS) is 10.2. The molecule has 0 spiro atoms. The topological polar surface area (TPSA) is 65.1 Å². The maximum Gasteiger partial charge on any atom is 0.310 e. The van der Waals surface area contributed by atoms with E-state index in [0.29, 0.717) is 18.0 Å². The number of methoxy groups -OCH3 is 2. The van der Waals surface area contributed by atoms with Gasteiger partial charge in [0.15, 0.2) is 18.1 Å². The van der Waals surface area contributed by atoms with Gasteiger partial charge in [0.1, 0.15) is 0 Å². The number of rotatable bonds is 8. The Morgan fingerprint density at radius 3 is 2.19 bits per heavy atom. The van der Waals surface area contributed by atoms with E-state index in [9.17, 15) is 9.59 Å². The third-order valence-electron chi connectivity index (χ3n) is 4.12. The minimum absolute atomic E-state index is 0.0509. The Bertz CT molecular complexity index is 786. The van der Waals surface area contributed by atoms with Crippen molar-refractivity contribution in [2.75, 3.05) is 27.9 Å². The van der Waals surface area contributed by atoms with Crippen molar-refractivity contribution in [3.63, 3.8) is 0 Å². The summed E-state index contributed by atoms with van der Waals surface area (Å²) in [6.07, 6.45) is 0.0509. The number of nitrogens with zero attached hydrogens (tertiary/aromatic N) is 1. The van der Waals surface area contributed by atoms with Crippen LogP contribution in [0.5, 0.6) is 11.5 Å². The monoisotopic (exact) mass is 371 g/mol. The van der Waals surface area contributed by atoms with Gasteiger partial charge in [-0.25, -0.2) is 0 Å². The Morgan fingerprint density at radius 2 is 1.56 bits per heavy atom. The van der Waals surface area contributed by atoms with Crippen molar-refractivity contribution in [1.29, 1.82) is 0 Å². The zero-order valence-electron chi connectivity index (χ0n) is 16.2. The van der Waals surface area contributed by atoms with Gasteiger partial charge in [0.25, 0.3) is 5.91 Å². The molecule has 0 atom stereocenters. The maximum absolute atomic E-state index is 12.2. The summed E-state index contributed by atoms with van der Waals surface area (Å²) in [4.78, 5) is 25.7. The van der Waals surface area contributed by atoms with Crippen LogP contribution in [0.1, 0.15) is 16.7 Å². The van der Waals surface area contributed by atoms with Crippen LogP contribution in [0.4, 0.5) is 0 Å². The van der Waals surface area contributed by atoms with Gasteiger partial charge in [-0.05, 0) is 30.2 Å². The summed E-state index contributed by atoms with van der Waals surface area (Å²) in [6.45, 7) is 2.19. The van der Waals surface area contributed by atoms with Gasteiger partial charge in [0.05, 0.1) is 20.6 Å². The van der Waals surface area contributed by atoms with Crippen molar-refractivity contribution >= 4 is 11.9 Å². The molecule has 6 heteroatoms. The van der Waals surface area contributed by atoms with Crippen LogP contribution in [-0.2, 0) is 27.3 Å². The van der Waals surface area contributed by atoms with E-state index in [4.69, 9.17) is 14.2 Å². The van der Waals surface area contributed by atoms with Crippen molar-refractivity contribution in [1.82, 2.24) is 4.90 Å². The quantitative estimate of drug-likeness (QED) is 0.668. The van der Waals surface area contributed by atoms with Gasteiger partial charge in [0, 0.05) is 13.6 Å². The fourth-order valence-electron chi connectivity index (χ4n) is 2.52. The molecule has 27 heavy (non-hydrogen) atoms. The van der Waals surface area contributed by atoms with Crippen LogP contribution in [0.3, 0.4) is 0 Å². The lowest BCUT2D eigenvalue weighted by Gasteiger charge is -2.17. The number of ether oxygens (including phenoxy) is 3. The molecule has 144 valence electrons. The predicted molar refractivity (Wildman–Crippen MR) is 102 cm³/mol. The second-order valence-corrected chi connectivity index (χ2v) is 6.26. The van der Waals surface area contributed by atoms with Crippen LogP contribution in [0, 0.1) is 6.92 Å². The first-order valence-corrected chi connectivity index (χ1v) is 8.59. The SMILES string of the molecule is COc1ccc(CC(=O)OCC(=O)N(C)Cc2ccc(C)cc2)cc1OC. The van der Waals surface area contributed by atoms with Crippen molar-refractivity contribution in [3.8, 4) is 11.5 Å². The molecule has 0 aliphatic carbocycles. The Hall–Kier alpha value is -3.02. The summed E-state index contributed by atoms with van der Waals surface area (Å²) in [5.41, 5.74) is 2.91. The minimum Gasteiger partial charge on any atom is -0.493 e. The molecule has 0 heterocycles. The molecule has 2 rings (SSSR count). The number of esters is 1. The molecule has 1 amide bonds. The molecule has 0 aromatic heterocycles. The second kappa shape index (κ2) is 9.62. The number of carbonyl (C=O) groups excluding carboxylic acids is 2. The smallest absolute Gasteiger partial charge is 0.310 e. The number of likely N-dealkylation sites (N-methyl/N-ethyl adjacent to an activating group) is 1. The van der Waals surface area contributed by atoms with E-state index < -0.39 is 5.97 Å². The molecule has 0 aliphatic heterocycles. The number of hydrogen-bond donors (Lipinski definition) is 0. The van der Waals surface area contributed by atoms with E-state index >= 15 is 0 Å². The minimum atomic E-state index is -0.473. The summed E-state index contributed by atoms with van der Waals surface area (Å²) in [7, 11) is 4.76.